The van der Waals surface area contributed by atoms with Crippen LogP contribution in [0.3, 0.4) is 0 Å². The third-order valence-electron chi connectivity index (χ3n) is 2.66. The molecule has 0 aliphatic carbocycles. The van der Waals surface area contributed by atoms with E-state index in [1.165, 1.54) is 34.8 Å². The summed E-state index contributed by atoms with van der Waals surface area (Å²) in [6.45, 7) is 0. The Kier molecular flexibility index (Phi) is 3.89. The summed E-state index contributed by atoms with van der Waals surface area (Å²) in [5, 5.41) is 0.753. The molecular formula is C13H6BrCl2FS2. The van der Waals surface area contributed by atoms with Crippen molar-refractivity contribution in [2.24, 2.45) is 0 Å². The highest BCUT2D eigenvalue weighted by atomic mass is 79.9. The minimum absolute atomic E-state index is 0.228. The molecule has 3 aromatic rings. The lowest BCUT2D eigenvalue weighted by atomic mass is 10.2. The van der Waals surface area contributed by atoms with Gasteiger partial charge in [0.2, 0.25) is 0 Å². The molecule has 0 aliphatic heterocycles. The molecule has 98 valence electrons. The van der Waals surface area contributed by atoms with E-state index in [-0.39, 0.29) is 11.2 Å². The molecular weight excluding hydrogens is 390 g/mol. The van der Waals surface area contributed by atoms with Gasteiger partial charge in [0, 0.05) is 18.9 Å². The number of rotatable bonds is 2. The average Bonchev–Trinajstić information content (AvgIpc) is 2.92. The summed E-state index contributed by atoms with van der Waals surface area (Å²) in [4.78, 5) is 1.97. The van der Waals surface area contributed by atoms with E-state index in [1.807, 2.05) is 12.1 Å². The van der Waals surface area contributed by atoms with Crippen LogP contribution < -0.4 is 0 Å². The van der Waals surface area contributed by atoms with Crippen LogP contribution in [0.25, 0.3) is 10.1 Å². The van der Waals surface area contributed by atoms with Gasteiger partial charge in [-0.15, -0.1) is 34.3 Å². The summed E-state index contributed by atoms with van der Waals surface area (Å²) in [7, 11) is 0. The molecule has 0 fully saturated rings. The van der Waals surface area contributed by atoms with E-state index in [4.69, 9.17) is 23.2 Å². The molecule has 0 saturated carbocycles. The Labute approximate surface area is 135 Å². The summed E-state index contributed by atoms with van der Waals surface area (Å²) in [5.41, 5.74) is 0. The monoisotopic (exact) mass is 394 g/mol. The van der Waals surface area contributed by atoms with E-state index in [0.29, 0.717) is 4.34 Å². The van der Waals surface area contributed by atoms with Gasteiger partial charge in [-0.1, -0.05) is 17.7 Å². The van der Waals surface area contributed by atoms with Crippen LogP contribution in [0, 0.1) is 5.82 Å². The number of hydrogen-bond donors (Lipinski definition) is 0. The Hall–Kier alpha value is -0.130. The van der Waals surface area contributed by atoms with Crippen molar-refractivity contribution in [2.75, 3.05) is 0 Å². The maximum Gasteiger partial charge on any atom is 0.124 e. The SMILES string of the molecule is Fc1ccc2cc(C(Cl)c3cc(Br)c(Cl)s3)sc2c1. The predicted octanol–water partition coefficient (Wildman–Crippen LogP) is 6.85. The molecule has 0 amide bonds. The van der Waals surface area contributed by atoms with Gasteiger partial charge in [0.15, 0.2) is 0 Å². The molecule has 19 heavy (non-hydrogen) atoms. The minimum Gasteiger partial charge on any atom is -0.207 e. The van der Waals surface area contributed by atoms with Gasteiger partial charge in [0.1, 0.15) is 15.5 Å². The first-order valence-corrected chi connectivity index (χ1v) is 8.56. The topological polar surface area (TPSA) is 0 Å². The zero-order valence-electron chi connectivity index (χ0n) is 9.29. The Balaban J connectivity index is 2.03. The van der Waals surface area contributed by atoms with Crippen LogP contribution in [0.15, 0.2) is 34.8 Å². The van der Waals surface area contributed by atoms with E-state index >= 15 is 0 Å². The molecule has 2 aromatic heterocycles. The normalized spacial score (nSPS) is 13.1. The van der Waals surface area contributed by atoms with Crippen LogP contribution in [0.5, 0.6) is 0 Å². The van der Waals surface area contributed by atoms with E-state index in [1.54, 1.807) is 6.07 Å². The summed E-state index contributed by atoms with van der Waals surface area (Å²) in [6.07, 6.45) is 0. The van der Waals surface area contributed by atoms with Crippen molar-refractivity contribution in [1.82, 2.24) is 0 Å². The maximum atomic E-state index is 13.2. The van der Waals surface area contributed by atoms with Crippen molar-refractivity contribution < 1.29 is 4.39 Å². The van der Waals surface area contributed by atoms with Crippen molar-refractivity contribution >= 4 is 71.9 Å². The zero-order valence-corrected chi connectivity index (χ0v) is 14.0. The second-order valence-corrected chi connectivity index (χ2v) is 8.06. The van der Waals surface area contributed by atoms with Crippen molar-refractivity contribution in [1.29, 1.82) is 0 Å². The maximum absolute atomic E-state index is 13.2. The van der Waals surface area contributed by atoms with Gasteiger partial charge in [-0.2, -0.15) is 0 Å². The third kappa shape index (κ3) is 2.69. The third-order valence-corrected chi connectivity index (χ3v) is 7.10. The van der Waals surface area contributed by atoms with Gasteiger partial charge in [-0.25, -0.2) is 4.39 Å². The Morgan fingerprint density at radius 1 is 1.11 bits per heavy atom. The van der Waals surface area contributed by atoms with E-state index in [0.717, 1.165) is 24.3 Å². The number of fused-ring (bicyclic) bond motifs is 1. The molecule has 1 atom stereocenters. The quantitative estimate of drug-likeness (QED) is 0.416. The molecule has 1 unspecified atom stereocenters. The highest BCUT2D eigenvalue weighted by Gasteiger charge is 2.18. The minimum atomic E-state index is -0.255. The van der Waals surface area contributed by atoms with Crippen LogP contribution in [0.1, 0.15) is 15.1 Å². The Morgan fingerprint density at radius 3 is 2.53 bits per heavy atom. The van der Waals surface area contributed by atoms with Gasteiger partial charge in [-0.05, 0) is 45.6 Å². The molecule has 0 N–H and O–H groups in total. The number of alkyl halides is 1. The van der Waals surface area contributed by atoms with Gasteiger partial charge in [-0.3, -0.25) is 0 Å². The molecule has 3 rings (SSSR count). The van der Waals surface area contributed by atoms with E-state index in [2.05, 4.69) is 15.9 Å². The smallest absolute Gasteiger partial charge is 0.124 e. The standard InChI is InChI=1S/C13H6BrCl2FS2/c14-8-5-11(19-13(8)16)12(15)10-3-6-1-2-7(17)4-9(6)18-10/h1-5,12H. The van der Waals surface area contributed by atoms with Gasteiger partial charge >= 0.3 is 0 Å². The van der Waals surface area contributed by atoms with Crippen molar-refractivity contribution in [2.45, 2.75) is 5.38 Å². The van der Waals surface area contributed by atoms with Crippen LogP contribution in [0.4, 0.5) is 4.39 Å². The predicted molar refractivity (Wildman–Crippen MR) is 86.5 cm³/mol. The second-order valence-electron chi connectivity index (χ2n) is 3.96. The highest BCUT2D eigenvalue weighted by Crippen LogP contribution is 2.43. The van der Waals surface area contributed by atoms with Gasteiger partial charge < -0.3 is 0 Å². The summed E-state index contributed by atoms with van der Waals surface area (Å²) in [6, 6.07) is 8.69. The van der Waals surface area contributed by atoms with Gasteiger partial charge in [0.25, 0.3) is 0 Å². The first-order chi connectivity index (χ1) is 9.04. The molecule has 0 spiro atoms. The van der Waals surface area contributed by atoms with Crippen LogP contribution in [0.2, 0.25) is 4.34 Å². The molecule has 0 radical (unpaired) electrons. The highest BCUT2D eigenvalue weighted by molar-refractivity contribution is 9.10. The Bertz CT molecular complexity index is 731. The fraction of sp³-hybridized carbons (Fsp3) is 0.0769. The van der Waals surface area contributed by atoms with E-state index < -0.39 is 0 Å². The molecule has 2 heterocycles. The van der Waals surface area contributed by atoms with Gasteiger partial charge in [0.05, 0.1) is 0 Å². The fourth-order valence-corrected chi connectivity index (χ4v) is 5.07. The zero-order chi connectivity index (χ0) is 13.6. The molecule has 0 nitrogen and oxygen atoms in total. The average molecular weight is 396 g/mol. The van der Waals surface area contributed by atoms with Crippen LogP contribution in [-0.2, 0) is 0 Å². The lowest BCUT2D eigenvalue weighted by Crippen LogP contribution is -1.84. The summed E-state index contributed by atoms with van der Waals surface area (Å²) < 4.78 is 15.6. The molecule has 0 saturated heterocycles. The lowest BCUT2D eigenvalue weighted by Gasteiger charge is -2.02. The number of hydrogen-bond acceptors (Lipinski definition) is 2. The summed E-state index contributed by atoms with van der Waals surface area (Å²) >= 11 is 18.8. The molecule has 6 heteroatoms. The Morgan fingerprint density at radius 2 is 1.84 bits per heavy atom. The number of benzene rings is 1. The van der Waals surface area contributed by atoms with Crippen molar-refractivity contribution in [3.8, 4) is 0 Å². The number of halogens is 4. The fourth-order valence-electron chi connectivity index (χ4n) is 1.78. The van der Waals surface area contributed by atoms with Crippen molar-refractivity contribution in [3.05, 3.63) is 54.7 Å². The first kappa shape index (κ1) is 13.8. The molecule has 0 aliphatic rings. The van der Waals surface area contributed by atoms with E-state index in [9.17, 15) is 4.39 Å². The second kappa shape index (κ2) is 5.34. The van der Waals surface area contributed by atoms with Crippen LogP contribution in [-0.4, -0.2) is 0 Å². The molecule has 0 bridgehead atoms. The lowest BCUT2D eigenvalue weighted by molar-refractivity contribution is 0.630. The summed E-state index contributed by atoms with van der Waals surface area (Å²) in [5.74, 6) is -0.228. The largest absolute Gasteiger partial charge is 0.207 e. The number of thiophene rings is 2. The first-order valence-electron chi connectivity index (χ1n) is 5.32. The van der Waals surface area contributed by atoms with Crippen molar-refractivity contribution in [3.63, 3.8) is 0 Å². The van der Waals surface area contributed by atoms with Crippen LogP contribution >= 0.6 is 61.8 Å². The molecule has 1 aromatic carbocycles.